The first-order valence-corrected chi connectivity index (χ1v) is 9.66. The molecule has 1 saturated heterocycles. The van der Waals surface area contributed by atoms with Gasteiger partial charge in [-0.2, -0.15) is 0 Å². The minimum absolute atomic E-state index is 0.153. The number of carbonyl (C=O) groups excluding carboxylic acids is 1. The Labute approximate surface area is 166 Å². The second-order valence-corrected chi connectivity index (χ2v) is 7.58. The van der Waals surface area contributed by atoms with Gasteiger partial charge in [0.2, 0.25) is 0 Å². The normalized spacial score (nSPS) is 14.3. The summed E-state index contributed by atoms with van der Waals surface area (Å²) in [6, 6.07) is 8.59. The minimum atomic E-state index is -0.444. The van der Waals surface area contributed by atoms with Crippen LogP contribution in [0.4, 0.5) is 10.6 Å². The number of aromatic hydroxyl groups is 1. The zero-order chi connectivity index (χ0) is 19.7. The molecule has 1 amide bonds. The van der Waals surface area contributed by atoms with Crippen LogP contribution < -0.4 is 9.64 Å². The van der Waals surface area contributed by atoms with E-state index in [1.54, 1.807) is 38.4 Å². The Balaban J connectivity index is 1.82. The molecule has 0 spiro atoms. The maximum absolute atomic E-state index is 11.9. The van der Waals surface area contributed by atoms with Crippen LogP contribution in [0.2, 0.25) is 0 Å². The number of nitrogens with zero attached hydrogens (tertiary/aromatic N) is 4. The zero-order valence-electron chi connectivity index (χ0n) is 15.6. The number of thiophene rings is 1. The Morgan fingerprint density at radius 2 is 2.04 bits per heavy atom. The van der Waals surface area contributed by atoms with Gasteiger partial charge in [0.15, 0.2) is 16.7 Å². The summed E-state index contributed by atoms with van der Waals surface area (Å²) in [5.74, 6) is 1.44. The molecule has 0 radical (unpaired) electrons. The third-order valence-electron chi connectivity index (χ3n) is 4.30. The maximum atomic E-state index is 11.9. The van der Waals surface area contributed by atoms with Crippen LogP contribution in [0.5, 0.6) is 10.8 Å². The first-order valence-electron chi connectivity index (χ1n) is 8.84. The lowest BCUT2D eigenvalue weighted by Crippen LogP contribution is -2.36. The van der Waals surface area contributed by atoms with Crippen LogP contribution in [0, 0.1) is 0 Å². The molecule has 1 aliphatic heterocycles. The van der Waals surface area contributed by atoms with E-state index in [1.165, 1.54) is 16.2 Å². The summed E-state index contributed by atoms with van der Waals surface area (Å²) in [6.07, 6.45) is -0.444. The van der Waals surface area contributed by atoms with Crippen molar-refractivity contribution < 1.29 is 19.4 Å². The number of hydrogen-bond donors (Lipinski definition) is 1. The van der Waals surface area contributed by atoms with Crippen LogP contribution >= 0.6 is 11.3 Å². The van der Waals surface area contributed by atoms with Gasteiger partial charge in [-0.05, 0) is 12.1 Å². The Morgan fingerprint density at radius 1 is 1.25 bits per heavy atom. The zero-order valence-corrected chi connectivity index (χ0v) is 16.4. The molecule has 2 aromatic heterocycles. The molecule has 1 N–H and O–H groups in total. The number of phenols is 1. The highest BCUT2D eigenvalue weighted by Gasteiger charge is 2.21. The molecule has 0 bridgehead atoms. The number of phenolic OH excluding ortho intramolecular Hbond substituents is 1. The number of carbonyl (C=O) groups is 1. The molecule has 1 fully saturated rings. The van der Waals surface area contributed by atoms with Gasteiger partial charge in [-0.3, -0.25) is 0 Å². The molecule has 0 unspecified atom stereocenters. The van der Waals surface area contributed by atoms with Gasteiger partial charge in [-0.1, -0.05) is 23.5 Å². The predicted molar refractivity (Wildman–Crippen MR) is 107 cm³/mol. The van der Waals surface area contributed by atoms with E-state index in [2.05, 4.69) is 9.88 Å². The van der Waals surface area contributed by atoms with Crippen molar-refractivity contribution in [1.82, 2.24) is 14.9 Å². The fourth-order valence-electron chi connectivity index (χ4n) is 2.88. The standard InChI is InChI=1S/C19H20N4O4S/c1-22(2)19(25)27-15-11-14-16(28-15)18(23-6-8-26-9-7-23)21-17(20-14)12-4-3-5-13(24)10-12/h3-5,10-11,24H,6-9H2,1-2H3. The number of aromatic nitrogens is 2. The lowest BCUT2D eigenvalue weighted by molar-refractivity contribution is 0.122. The van der Waals surface area contributed by atoms with Gasteiger partial charge in [0, 0.05) is 38.8 Å². The van der Waals surface area contributed by atoms with Gasteiger partial charge >= 0.3 is 6.09 Å². The van der Waals surface area contributed by atoms with Crippen LogP contribution in [0.15, 0.2) is 30.3 Å². The summed E-state index contributed by atoms with van der Waals surface area (Å²) < 4.78 is 11.7. The molecule has 0 saturated carbocycles. The fourth-order valence-corrected chi connectivity index (χ4v) is 3.84. The number of hydrogen-bond acceptors (Lipinski definition) is 8. The number of anilines is 1. The summed E-state index contributed by atoms with van der Waals surface area (Å²) in [6.45, 7) is 2.69. The first-order chi connectivity index (χ1) is 13.5. The van der Waals surface area contributed by atoms with Crippen molar-refractivity contribution in [3.63, 3.8) is 0 Å². The summed E-state index contributed by atoms with van der Waals surface area (Å²) >= 11 is 1.34. The van der Waals surface area contributed by atoms with Crippen molar-refractivity contribution in [3.8, 4) is 22.2 Å². The molecule has 3 heterocycles. The molecular weight excluding hydrogens is 380 g/mol. The number of amides is 1. The summed E-state index contributed by atoms with van der Waals surface area (Å²) in [5, 5.41) is 10.3. The van der Waals surface area contributed by atoms with Crippen LogP contribution in [0.3, 0.4) is 0 Å². The molecule has 0 aliphatic carbocycles. The largest absolute Gasteiger partial charge is 0.508 e. The molecule has 1 aliphatic rings. The SMILES string of the molecule is CN(C)C(=O)Oc1cc2nc(-c3cccc(O)c3)nc(N3CCOCC3)c2s1. The van der Waals surface area contributed by atoms with Crippen molar-refractivity contribution in [2.45, 2.75) is 0 Å². The lowest BCUT2D eigenvalue weighted by atomic mass is 10.2. The molecule has 4 rings (SSSR count). The van der Waals surface area contributed by atoms with E-state index in [0.717, 1.165) is 29.2 Å². The van der Waals surface area contributed by atoms with E-state index in [4.69, 9.17) is 14.5 Å². The minimum Gasteiger partial charge on any atom is -0.508 e. The second-order valence-electron chi connectivity index (χ2n) is 6.56. The highest BCUT2D eigenvalue weighted by atomic mass is 32.1. The van der Waals surface area contributed by atoms with E-state index in [0.29, 0.717) is 29.6 Å². The van der Waals surface area contributed by atoms with Crippen molar-refractivity contribution in [3.05, 3.63) is 30.3 Å². The Hall–Kier alpha value is -2.91. The third-order valence-corrected chi connectivity index (χ3v) is 5.30. The number of ether oxygens (including phenoxy) is 2. The Bertz CT molecular complexity index is 1010. The number of fused-ring (bicyclic) bond motifs is 1. The molecule has 8 nitrogen and oxygen atoms in total. The number of morpholine rings is 1. The Kier molecular flexibility index (Phi) is 5.01. The molecule has 3 aromatic rings. The second kappa shape index (κ2) is 7.61. The fraction of sp³-hybridized carbons (Fsp3) is 0.316. The quantitative estimate of drug-likeness (QED) is 0.723. The first kappa shape index (κ1) is 18.5. The highest BCUT2D eigenvalue weighted by molar-refractivity contribution is 7.21. The number of benzene rings is 1. The molecule has 146 valence electrons. The van der Waals surface area contributed by atoms with E-state index in [1.807, 2.05) is 6.07 Å². The van der Waals surface area contributed by atoms with Crippen molar-refractivity contribution >= 4 is 33.5 Å². The van der Waals surface area contributed by atoms with Crippen LogP contribution in [0.25, 0.3) is 21.6 Å². The van der Waals surface area contributed by atoms with Gasteiger partial charge < -0.3 is 24.4 Å². The van der Waals surface area contributed by atoms with E-state index in [9.17, 15) is 9.90 Å². The lowest BCUT2D eigenvalue weighted by Gasteiger charge is -2.28. The van der Waals surface area contributed by atoms with Gasteiger partial charge in [0.05, 0.1) is 23.4 Å². The van der Waals surface area contributed by atoms with Crippen molar-refractivity contribution in [2.24, 2.45) is 0 Å². The van der Waals surface area contributed by atoms with Crippen LogP contribution in [0.1, 0.15) is 0 Å². The van der Waals surface area contributed by atoms with Gasteiger partial charge in [0.1, 0.15) is 5.75 Å². The van der Waals surface area contributed by atoms with E-state index in [-0.39, 0.29) is 5.75 Å². The van der Waals surface area contributed by atoms with Crippen LogP contribution in [-0.2, 0) is 4.74 Å². The molecule has 1 aromatic carbocycles. The predicted octanol–water partition coefficient (Wildman–Crippen LogP) is 2.96. The number of rotatable bonds is 3. The maximum Gasteiger partial charge on any atom is 0.415 e. The average Bonchev–Trinajstić information content (AvgIpc) is 3.10. The molecule has 28 heavy (non-hydrogen) atoms. The smallest absolute Gasteiger partial charge is 0.415 e. The van der Waals surface area contributed by atoms with Gasteiger partial charge in [0.25, 0.3) is 0 Å². The highest BCUT2D eigenvalue weighted by Crippen LogP contribution is 2.38. The van der Waals surface area contributed by atoms with Crippen LogP contribution in [-0.4, -0.2) is 66.5 Å². The molecule has 9 heteroatoms. The summed E-state index contributed by atoms with van der Waals surface area (Å²) in [5.41, 5.74) is 1.41. The Morgan fingerprint density at radius 3 is 2.75 bits per heavy atom. The van der Waals surface area contributed by atoms with Gasteiger partial charge in [-0.25, -0.2) is 14.8 Å². The van der Waals surface area contributed by atoms with Crippen molar-refractivity contribution in [2.75, 3.05) is 45.3 Å². The van der Waals surface area contributed by atoms with Crippen molar-refractivity contribution in [1.29, 1.82) is 0 Å². The summed E-state index contributed by atoms with van der Waals surface area (Å²) in [7, 11) is 3.27. The third kappa shape index (κ3) is 3.71. The van der Waals surface area contributed by atoms with E-state index >= 15 is 0 Å². The molecule has 0 atom stereocenters. The van der Waals surface area contributed by atoms with Gasteiger partial charge in [-0.15, -0.1) is 0 Å². The van der Waals surface area contributed by atoms with E-state index < -0.39 is 6.09 Å². The topological polar surface area (TPSA) is 88.0 Å². The summed E-state index contributed by atoms with van der Waals surface area (Å²) in [4.78, 5) is 24.9. The molecular formula is C19H20N4O4S. The average molecular weight is 400 g/mol. The monoisotopic (exact) mass is 400 g/mol.